The van der Waals surface area contributed by atoms with Gasteiger partial charge in [0.1, 0.15) is 0 Å². The van der Waals surface area contributed by atoms with E-state index in [1.807, 2.05) is 60.7 Å². The number of hydrogen-bond acceptors (Lipinski definition) is 4. The molecule has 1 saturated carbocycles. The zero-order valence-electron chi connectivity index (χ0n) is 14.1. The van der Waals surface area contributed by atoms with Gasteiger partial charge >= 0.3 is 11.9 Å². The lowest BCUT2D eigenvalue weighted by atomic mass is 9.66. The van der Waals surface area contributed by atoms with Crippen LogP contribution in [0.3, 0.4) is 0 Å². The highest BCUT2D eigenvalue weighted by atomic mass is 16.6. The van der Waals surface area contributed by atoms with Crippen LogP contribution < -0.4 is 0 Å². The fraction of sp³-hybridized carbons (Fsp3) is 0.227. The van der Waals surface area contributed by atoms with Crippen LogP contribution in [0.15, 0.2) is 60.7 Å². The number of fused-ring (bicyclic) bond motifs is 5. The summed E-state index contributed by atoms with van der Waals surface area (Å²) in [7, 11) is 0. The van der Waals surface area contributed by atoms with Gasteiger partial charge in [-0.3, -0.25) is 14.4 Å². The van der Waals surface area contributed by atoms with Crippen LogP contribution in [0, 0.1) is 23.2 Å². The molecule has 0 N–H and O–H groups in total. The highest BCUT2D eigenvalue weighted by Crippen LogP contribution is 2.67. The summed E-state index contributed by atoms with van der Waals surface area (Å²) in [5, 5.41) is 0. The van der Waals surface area contributed by atoms with E-state index < -0.39 is 35.1 Å². The van der Waals surface area contributed by atoms with Crippen LogP contribution in [-0.2, 0) is 19.1 Å². The van der Waals surface area contributed by atoms with Crippen molar-refractivity contribution in [2.24, 2.45) is 23.2 Å². The molecule has 128 valence electrons. The number of allylic oxidation sites excluding steroid dienone is 2. The summed E-state index contributed by atoms with van der Waals surface area (Å²) in [5.74, 6) is -3.24. The first-order valence-electron chi connectivity index (χ1n) is 8.70. The SMILES string of the molecule is C[C@]12C(=O)[C@@H](C(c3ccccc3)=C1c1ccccc1)[C@H]1C(=O)OC(=O)[C@@H]12. The maximum absolute atomic E-state index is 13.4. The van der Waals surface area contributed by atoms with Crippen LogP contribution in [0.5, 0.6) is 0 Å². The molecule has 1 saturated heterocycles. The minimum atomic E-state index is -1.04. The van der Waals surface area contributed by atoms with Gasteiger partial charge in [0.15, 0.2) is 5.78 Å². The van der Waals surface area contributed by atoms with Gasteiger partial charge in [0.2, 0.25) is 0 Å². The fourth-order valence-corrected chi connectivity index (χ4v) is 5.10. The molecule has 0 radical (unpaired) electrons. The first-order valence-corrected chi connectivity index (χ1v) is 8.70. The Labute approximate surface area is 150 Å². The first-order chi connectivity index (χ1) is 12.5. The third kappa shape index (κ3) is 1.66. The molecular formula is C22H16O4. The van der Waals surface area contributed by atoms with Gasteiger partial charge in [0, 0.05) is 0 Å². The highest BCUT2D eigenvalue weighted by Gasteiger charge is 2.73. The van der Waals surface area contributed by atoms with Gasteiger partial charge < -0.3 is 4.74 Å². The van der Waals surface area contributed by atoms with Crippen molar-refractivity contribution >= 4 is 28.9 Å². The molecule has 2 fully saturated rings. The van der Waals surface area contributed by atoms with Crippen LogP contribution in [0.2, 0.25) is 0 Å². The number of esters is 2. The quantitative estimate of drug-likeness (QED) is 0.620. The Hall–Kier alpha value is -3.01. The zero-order valence-corrected chi connectivity index (χ0v) is 14.1. The second-order valence-corrected chi connectivity index (χ2v) is 7.31. The third-order valence-electron chi connectivity index (χ3n) is 6.11. The topological polar surface area (TPSA) is 60.4 Å². The molecule has 1 aliphatic heterocycles. The van der Waals surface area contributed by atoms with E-state index in [0.29, 0.717) is 0 Å². The molecule has 26 heavy (non-hydrogen) atoms. The normalized spacial score (nSPS) is 32.2. The van der Waals surface area contributed by atoms with E-state index in [1.54, 1.807) is 6.92 Å². The molecule has 2 aromatic rings. The van der Waals surface area contributed by atoms with Gasteiger partial charge in [-0.1, -0.05) is 60.7 Å². The van der Waals surface area contributed by atoms with Crippen molar-refractivity contribution in [1.29, 1.82) is 0 Å². The van der Waals surface area contributed by atoms with Gasteiger partial charge in [-0.25, -0.2) is 0 Å². The maximum Gasteiger partial charge on any atom is 0.318 e. The fourth-order valence-electron chi connectivity index (χ4n) is 5.10. The molecule has 4 heteroatoms. The standard InChI is InChI=1S/C22H16O4/c1-22-17(13-10-6-3-7-11-13)14(12-8-4-2-5-9-12)15(19(22)23)16-18(22)21(25)26-20(16)24/h2-11,15-16,18H,1H3/t15-,16+,18+,22-/m0/s1. The van der Waals surface area contributed by atoms with Crippen LogP contribution in [0.25, 0.3) is 11.1 Å². The minimum absolute atomic E-state index is 0.0461. The lowest BCUT2D eigenvalue weighted by molar-refractivity contribution is -0.156. The second kappa shape index (κ2) is 5.01. The maximum atomic E-state index is 13.4. The molecule has 0 aromatic heterocycles. The zero-order chi connectivity index (χ0) is 18.1. The average Bonchev–Trinajstić information content (AvgIpc) is 3.17. The molecular weight excluding hydrogens is 328 g/mol. The van der Waals surface area contributed by atoms with Crippen molar-refractivity contribution in [2.75, 3.05) is 0 Å². The van der Waals surface area contributed by atoms with E-state index in [0.717, 1.165) is 22.3 Å². The Bertz CT molecular complexity index is 989. The van der Waals surface area contributed by atoms with E-state index in [-0.39, 0.29) is 5.78 Å². The molecule has 0 spiro atoms. The molecule has 5 rings (SSSR count). The molecule has 2 bridgehead atoms. The number of hydrogen-bond donors (Lipinski definition) is 0. The van der Waals surface area contributed by atoms with Crippen molar-refractivity contribution in [3.8, 4) is 0 Å². The monoisotopic (exact) mass is 344 g/mol. The Morgan fingerprint density at radius 2 is 1.38 bits per heavy atom. The highest BCUT2D eigenvalue weighted by molar-refractivity contribution is 6.25. The number of cyclic esters (lactones) is 2. The summed E-state index contributed by atoms with van der Waals surface area (Å²) in [5.41, 5.74) is 2.50. The van der Waals surface area contributed by atoms with Gasteiger partial charge in [-0.15, -0.1) is 0 Å². The van der Waals surface area contributed by atoms with E-state index in [1.165, 1.54) is 0 Å². The van der Waals surface area contributed by atoms with E-state index in [4.69, 9.17) is 4.74 Å². The summed E-state index contributed by atoms with van der Waals surface area (Å²) in [4.78, 5) is 38.1. The van der Waals surface area contributed by atoms with E-state index in [9.17, 15) is 14.4 Å². The molecule has 0 amide bonds. The summed E-state index contributed by atoms with van der Waals surface area (Å²) in [6, 6.07) is 19.3. The lowest BCUT2D eigenvalue weighted by Crippen LogP contribution is -2.34. The van der Waals surface area contributed by atoms with Crippen molar-refractivity contribution in [1.82, 2.24) is 0 Å². The number of benzene rings is 2. The molecule has 2 aromatic carbocycles. The van der Waals surface area contributed by atoms with Crippen LogP contribution in [-0.4, -0.2) is 17.7 Å². The number of rotatable bonds is 2. The Balaban J connectivity index is 1.85. The van der Waals surface area contributed by atoms with Crippen molar-refractivity contribution in [3.05, 3.63) is 71.8 Å². The molecule has 3 aliphatic rings. The van der Waals surface area contributed by atoms with Crippen molar-refractivity contribution < 1.29 is 19.1 Å². The molecule has 1 heterocycles. The minimum Gasteiger partial charge on any atom is -0.393 e. The molecule has 4 atom stereocenters. The predicted molar refractivity (Wildman–Crippen MR) is 94.4 cm³/mol. The van der Waals surface area contributed by atoms with E-state index >= 15 is 0 Å². The number of carbonyl (C=O) groups excluding carboxylic acids is 3. The number of carbonyl (C=O) groups is 3. The largest absolute Gasteiger partial charge is 0.393 e. The first kappa shape index (κ1) is 15.3. The Morgan fingerprint density at radius 1 is 0.808 bits per heavy atom. The molecule has 2 aliphatic carbocycles. The summed E-state index contributed by atoms with van der Waals surface area (Å²) < 4.78 is 4.93. The number of ketones is 1. The molecule has 0 unspecified atom stereocenters. The van der Waals surface area contributed by atoms with E-state index in [2.05, 4.69) is 0 Å². The second-order valence-electron chi connectivity index (χ2n) is 7.31. The predicted octanol–water partition coefficient (Wildman–Crippen LogP) is 3.13. The number of ether oxygens (including phenoxy) is 1. The van der Waals surface area contributed by atoms with Crippen LogP contribution >= 0.6 is 0 Å². The lowest BCUT2D eigenvalue weighted by Gasteiger charge is -2.32. The molecule has 4 nitrogen and oxygen atoms in total. The average molecular weight is 344 g/mol. The summed E-state index contributed by atoms with van der Waals surface area (Å²) >= 11 is 0. The summed E-state index contributed by atoms with van der Waals surface area (Å²) in [6.45, 7) is 1.80. The Kier molecular flexibility index (Phi) is 2.94. The number of Topliss-reactive ketones (excluding diaryl/α,β-unsaturated/α-hetero) is 1. The smallest absolute Gasteiger partial charge is 0.318 e. The van der Waals surface area contributed by atoms with Crippen molar-refractivity contribution in [3.63, 3.8) is 0 Å². The van der Waals surface area contributed by atoms with Gasteiger partial charge in [0.25, 0.3) is 0 Å². The van der Waals surface area contributed by atoms with Gasteiger partial charge in [-0.2, -0.15) is 0 Å². The van der Waals surface area contributed by atoms with Crippen molar-refractivity contribution in [2.45, 2.75) is 6.92 Å². The van der Waals surface area contributed by atoms with Gasteiger partial charge in [0.05, 0.1) is 23.2 Å². The Morgan fingerprint density at radius 3 is 2.00 bits per heavy atom. The third-order valence-corrected chi connectivity index (χ3v) is 6.11. The van der Waals surface area contributed by atoms with Gasteiger partial charge in [-0.05, 0) is 29.2 Å². The van der Waals surface area contributed by atoms with Crippen LogP contribution in [0.4, 0.5) is 0 Å². The van der Waals surface area contributed by atoms with Crippen LogP contribution in [0.1, 0.15) is 18.1 Å². The summed E-state index contributed by atoms with van der Waals surface area (Å²) in [6.07, 6.45) is 0.